The molecule has 0 bridgehead atoms. The van der Waals surface area contributed by atoms with Crippen LogP contribution in [0.15, 0.2) is 89.8 Å². The van der Waals surface area contributed by atoms with Gasteiger partial charge in [0.2, 0.25) is 15.9 Å². The first-order chi connectivity index (χ1) is 19.9. The van der Waals surface area contributed by atoms with E-state index >= 15 is 0 Å². The molecule has 1 unspecified atom stereocenters. The number of sulfonamides is 1. The van der Waals surface area contributed by atoms with Gasteiger partial charge in [0.25, 0.3) is 5.91 Å². The lowest BCUT2D eigenvalue weighted by molar-refractivity contribution is -0.142. The lowest BCUT2D eigenvalue weighted by Gasteiger charge is -2.31. The summed E-state index contributed by atoms with van der Waals surface area (Å²) in [6.45, 7) is 0.941. The van der Waals surface area contributed by atoms with Crippen molar-refractivity contribution in [3.05, 3.63) is 96.1 Å². The van der Waals surface area contributed by atoms with Crippen LogP contribution in [0.4, 0.5) is 0 Å². The van der Waals surface area contributed by atoms with Crippen molar-refractivity contribution in [3.8, 4) is 5.75 Å². The molecule has 0 saturated carbocycles. The van der Waals surface area contributed by atoms with Gasteiger partial charge in [0, 0.05) is 32.6 Å². The van der Waals surface area contributed by atoms with Crippen LogP contribution >= 0.6 is 0 Å². The molecule has 2 amide bonds. The van der Waals surface area contributed by atoms with Crippen molar-refractivity contribution in [2.24, 2.45) is 0 Å². The molecule has 218 valence electrons. The number of carbonyl (C=O) groups is 2. The lowest BCUT2D eigenvalue weighted by Crippen LogP contribution is -2.52. The van der Waals surface area contributed by atoms with Gasteiger partial charge in [-0.2, -0.15) is 4.31 Å². The van der Waals surface area contributed by atoms with Crippen LogP contribution in [0.25, 0.3) is 0 Å². The summed E-state index contributed by atoms with van der Waals surface area (Å²) in [5.74, 6) is -0.480. The van der Waals surface area contributed by atoms with Crippen LogP contribution in [0.5, 0.6) is 5.75 Å². The van der Waals surface area contributed by atoms with Gasteiger partial charge < -0.3 is 24.8 Å². The Morgan fingerprint density at radius 3 is 2.15 bits per heavy atom. The van der Waals surface area contributed by atoms with E-state index in [9.17, 15) is 23.1 Å². The summed E-state index contributed by atoms with van der Waals surface area (Å²) < 4.78 is 38.2. The molecular formula is C30H35N3O7S. The average molecular weight is 582 g/mol. The fraction of sp³-hybridized carbons (Fsp3) is 0.333. The number of carbonyl (C=O) groups excluding carboxylic acids is 2. The Morgan fingerprint density at radius 1 is 0.927 bits per heavy atom. The Kier molecular flexibility index (Phi) is 10.9. The molecule has 3 aromatic rings. The van der Waals surface area contributed by atoms with Gasteiger partial charge in [-0.1, -0.05) is 60.7 Å². The monoisotopic (exact) mass is 581 g/mol. The Balaban J connectivity index is 1.51. The van der Waals surface area contributed by atoms with Gasteiger partial charge in [-0.15, -0.1) is 0 Å². The third-order valence-corrected chi connectivity index (χ3v) is 8.58. The smallest absolute Gasteiger partial charge is 0.261 e. The highest BCUT2D eigenvalue weighted by molar-refractivity contribution is 7.89. The minimum absolute atomic E-state index is 0.0632. The first-order valence-corrected chi connectivity index (χ1v) is 14.9. The molecule has 3 aromatic carbocycles. The van der Waals surface area contributed by atoms with Crippen LogP contribution in [0.2, 0.25) is 0 Å². The molecule has 11 heteroatoms. The van der Waals surface area contributed by atoms with E-state index in [1.807, 2.05) is 60.7 Å². The quantitative estimate of drug-likeness (QED) is 0.316. The summed E-state index contributed by atoms with van der Waals surface area (Å²) in [4.78, 5) is 28.5. The second-order valence-corrected chi connectivity index (χ2v) is 11.4. The number of rotatable bonds is 13. The van der Waals surface area contributed by atoms with Crippen molar-refractivity contribution >= 4 is 21.8 Å². The van der Waals surface area contributed by atoms with E-state index in [-0.39, 0.29) is 43.5 Å². The van der Waals surface area contributed by atoms with Crippen molar-refractivity contribution in [1.29, 1.82) is 0 Å². The van der Waals surface area contributed by atoms with E-state index in [2.05, 4.69) is 5.32 Å². The second-order valence-electron chi connectivity index (χ2n) is 9.50. The van der Waals surface area contributed by atoms with Gasteiger partial charge in [-0.05, 0) is 35.4 Å². The summed E-state index contributed by atoms with van der Waals surface area (Å²) in [5, 5.41) is 12.0. The minimum Gasteiger partial charge on any atom is -0.484 e. The number of hydrogen-bond acceptors (Lipinski definition) is 7. The molecular weight excluding hydrogens is 546 g/mol. The third kappa shape index (κ3) is 8.37. The van der Waals surface area contributed by atoms with Gasteiger partial charge in [-0.3, -0.25) is 9.59 Å². The molecule has 0 aromatic heterocycles. The molecule has 0 spiro atoms. The van der Waals surface area contributed by atoms with Crippen molar-refractivity contribution in [3.63, 3.8) is 0 Å². The van der Waals surface area contributed by atoms with Gasteiger partial charge in [0.15, 0.2) is 6.61 Å². The highest BCUT2D eigenvalue weighted by atomic mass is 32.2. The van der Waals surface area contributed by atoms with E-state index in [1.54, 1.807) is 0 Å². The zero-order valence-corrected chi connectivity index (χ0v) is 23.5. The van der Waals surface area contributed by atoms with Crippen molar-refractivity contribution < 1.29 is 32.6 Å². The maximum absolute atomic E-state index is 13.6. The Morgan fingerprint density at radius 2 is 1.54 bits per heavy atom. The predicted octanol–water partition coefficient (Wildman–Crippen LogP) is 1.83. The summed E-state index contributed by atoms with van der Waals surface area (Å²) in [6.07, 6.45) is 0.269. The number of aliphatic hydroxyl groups is 1. The number of nitrogens with zero attached hydrogens (tertiary/aromatic N) is 2. The third-order valence-electron chi connectivity index (χ3n) is 6.67. The molecule has 0 aliphatic carbocycles. The standard InChI is InChI=1S/C30H35N3O7S/c34-18-15-31-30(36)28(21-24-7-3-1-4-8-24)33(22-25-9-5-2-6-10-25)29(35)23-40-26-11-13-27(14-12-26)41(37,38)32-16-19-39-20-17-32/h1-14,28,34H,15-23H2,(H,31,36). The zero-order chi connectivity index (χ0) is 29.1. The molecule has 1 heterocycles. The van der Waals surface area contributed by atoms with Crippen LogP contribution in [0.1, 0.15) is 11.1 Å². The first kappa shape index (κ1) is 30.2. The Labute approximate surface area is 240 Å². The van der Waals surface area contributed by atoms with E-state index in [0.717, 1.165) is 11.1 Å². The van der Waals surface area contributed by atoms with Crippen molar-refractivity contribution in [2.45, 2.75) is 23.9 Å². The largest absolute Gasteiger partial charge is 0.484 e. The van der Waals surface area contributed by atoms with Crippen LogP contribution in [0, 0.1) is 0 Å². The molecule has 2 N–H and O–H groups in total. The second kappa shape index (κ2) is 14.7. The lowest BCUT2D eigenvalue weighted by atomic mass is 10.0. The summed E-state index contributed by atoms with van der Waals surface area (Å²) in [7, 11) is -3.66. The van der Waals surface area contributed by atoms with Crippen LogP contribution < -0.4 is 10.1 Å². The number of ether oxygens (including phenoxy) is 2. The van der Waals surface area contributed by atoms with Crippen molar-refractivity contribution in [2.75, 3.05) is 46.1 Å². The molecule has 1 fully saturated rings. The summed E-state index contributed by atoms with van der Waals surface area (Å²) in [6, 6.07) is 23.8. The maximum Gasteiger partial charge on any atom is 0.261 e. The molecule has 1 aliphatic rings. The van der Waals surface area contributed by atoms with Crippen LogP contribution in [0.3, 0.4) is 0 Å². The predicted molar refractivity (Wildman–Crippen MR) is 153 cm³/mol. The molecule has 41 heavy (non-hydrogen) atoms. The van der Waals surface area contributed by atoms with E-state index in [1.165, 1.54) is 33.5 Å². The number of morpholine rings is 1. The molecule has 0 radical (unpaired) electrons. The van der Waals surface area contributed by atoms with Crippen LogP contribution in [-0.2, 0) is 37.3 Å². The number of aliphatic hydroxyl groups excluding tert-OH is 1. The average Bonchev–Trinajstić information content (AvgIpc) is 3.02. The summed E-state index contributed by atoms with van der Waals surface area (Å²) >= 11 is 0. The topological polar surface area (TPSA) is 125 Å². The molecule has 1 atom stereocenters. The normalized spacial score (nSPS) is 14.7. The number of hydrogen-bond donors (Lipinski definition) is 2. The van der Waals surface area contributed by atoms with Gasteiger partial charge in [0.1, 0.15) is 11.8 Å². The van der Waals surface area contributed by atoms with Crippen molar-refractivity contribution in [1.82, 2.24) is 14.5 Å². The minimum atomic E-state index is -3.66. The first-order valence-electron chi connectivity index (χ1n) is 13.4. The molecule has 10 nitrogen and oxygen atoms in total. The molecule has 4 rings (SSSR count). The van der Waals surface area contributed by atoms with Gasteiger partial charge >= 0.3 is 0 Å². The van der Waals surface area contributed by atoms with Gasteiger partial charge in [0.05, 0.1) is 24.7 Å². The highest BCUT2D eigenvalue weighted by Crippen LogP contribution is 2.21. The number of amides is 2. The number of benzene rings is 3. The van der Waals surface area contributed by atoms with E-state index < -0.39 is 22.0 Å². The SMILES string of the molecule is O=C(NCCO)C(Cc1ccccc1)N(Cc1ccccc1)C(=O)COc1ccc(S(=O)(=O)N2CCOCC2)cc1. The zero-order valence-electron chi connectivity index (χ0n) is 22.7. The van der Waals surface area contributed by atoms with Gasteiger partial charge in [-0.25, -0.2) is 8.42 Å². The fourth-order valence-electron chi connectivity index (χ4n) is 4.50. The van der Waals surface area contributed by atoms with Crippen LogP contribution in [-0.4, -0.2) is 86.6 Å². The summed E-state index contributed by atoms with van der Waals surface area (Å²) in [5.41, 5.74) is 1.71. The highest BCUT2D eigenvalue weighted by Gasteiger charge is 2.31. The maximum atomic E-state index is 13.6. The molecule has 1 aliphatic heterocycles. The number of nitrogens with one attached hydrogen (secondary N) is 1. The Hall–Kier alpha value is -3.77. The van der Waals surface area contributed by atoms with E-state index in [0.29, 0.717) is 32.1 Å². The Bertz CT molecular complexity index is 1360. The molecule has 1 saturated heterocycles. The fourth-order valence-corrected chi connectivity index (χ4v) is 5.91. The van der Waals surface area contributed by atoms with E-state index in [4.69, 9.17) is 9.47 Å².